The summed E-state index contributed by atoms with van der Waals surface area (Å²) in [6.07, 6.45) is 0.293. The first kappa shape index (κ1) is 36.7. The van der Waals surface area contributed by atoms with Crippen LogP contribution in [0.4, 0.5) is 5.82 Å². The molecule has 5 rings (SSSR count). The first-order valence-corrected chi connectivity index (χ1v) is 18.1. The molecule has 2 saturated heterocycles. The molecule has 2 fully saturated rings. The number of carbonyl (C=O) groups is 1. The molecule has 2 aromatic heterocycles. The second kappa shape index (κ2) is 14.0. The van der Waals surface area contributed by atoms with Crippen molar-refractivity contribution in [2.24, 2.45) is 5.92 Å². The number of ether oxygens (including phenoxy) is 4. The van der Waals surface area contributed by atoms with Crippen molar-refractivity contribution in [3.63, 3.8) is 0 Å². The number of esters is 1. The van der Waals surface area contributed by atoms with Crippen molar-refractivity contribution in [3.8, 4) is 11.8 Å². The van der Waals surface area contributed by atoms with Gasteiger partial charge in [0.1, 0.15) is 48.0 Å². The highest BCUT2D eigenvalue weighted by Gasteiger charge is 2.65. The lowest BCUT2D eigenvalue weighted by molar-refractivity contribution is -0.204. The average Bonchev–Trinajstić information content (AvgIpc) is 3.71. The number of benzene rings is 1. The van der Waals surface area contributed by atoms with E-state index in [0.29, 0.717) is 11.2 Å². The Hall–Kier alpha value is -3.57. The largest absolute Gasteiger partial charge is 0.464 e. The number of aromatic nitrogens is 3. The number of hydrogen-bond donors (Lipinski definition) is 2. The van der Waals surface area contributed by atoms with Gasteiger partial charge in [0.15, 0.2) is 11.6 Å². The van der Waals surface area contributed by atoms with Crippen LogP contribution in [-0.2, 0) is 43.8 Å². The van der Waals surface area contributed by atoms with Gasteiger partial charge in [-0.2, -0.15) is 15.4 Å². The normalized spacial score (nSPS) is 25.1. The van der Waals surface area contributed by atoms with Gasteiger partial charge in [0.05, 0.1) is 18.9 Å². The standard InChI is InChI=1S/C34H47N6O8P/c1-9-22(10-2)17-43-31(41)21(3)39-49(42,48-24-13-11-23(12-14-24)32(4,5)6)44-18-26-28-29(47-33(7,8)46-28)34(19-35,45-26)27-16-15-25-30(36)37-20-38-40(25)27/h11-16,20-22,26,28-29H,9-10,17-18H2,1-8H3,(H,39,42)(H2,36,37,38)/t21-,26+,28+,29+,34-,49?/m0/s1. The van der Waals surface area contributed by atoms with E-state index in [1.54, 1.807) is 38.1 Å². The molecule has 0 saturated carbocycles. The highest BCUT2D eigenvalue weighted by molar-refractivity contribution is 7.52. The van der Waals surface area contributed by atoms with E-state index in [4.69, 9.17) is 33.7 Å². The van der Waals surface area contributed by atoms with Gasteiger partial charge >= 0.3 is 13.7 Å². The third-order valence-electron chi connectivity index (χ3n) is 8.94. The Labute approximate surface area is 287 Å². The van der Waals surface area contributed by atoms with Crippen LogP contribution in [0.1, 0.15) is 79.5 Å². The van der Waals surface area contributed by atoms with E-state index in [1.807, 2.05) is 26.0 Å². The van der Waals surface area contributed by atoms with Crippen LogP contribution >= 0.6 is 7.75 Å². The van der Waals surface area contributed by atoms with Crippen molar-refractivity contribution in [1.82, 2.24) is 19.7 Å². The van der Waals surface area contributed by atoms with Crippen LogP contribution in [0, 0.1) is 17.2 Å². The quantitative estimate of drug-likeness (QED) is 0.171. The van der Waals surface area contributed by atoms with Crippen molar-refractivity contribution in [1.29, 1.82) is 5.26 Å². The highest BCUT2D eigenvalue weighted by atomic mass is 31.2. The van der Waals surface area contributed by atoms with Crippen LogP contribution in [0.5, 0.6) is 5.75 Å². The van der Waals surface area contributed by atoms with E-state index in [0.717, 1.165) is 18.4 Å². The number of nitriles is 1. The van der Waals surface area contributed by atoms with Crippen molar-refractivity contribution in [2.75, 3.05) is 18.9 Å². The maximum atomic E-state index is 14.5. The molecule has 1 unspecified atom stereocenters. The van der Waals surface area contributed by atoms with Crippen LogP contribution < -0.4 is 15.3 Å². The number of fused-ring (bicyclic) bond motifs is 2. The minimum Gasteiger partial charge on any atom is -0.464 e. The number of nitrogens with one attached hydrogen (secondary N) is 1. The molecule has 0 bridgehead atoms. The number of nitrogen functional groups attached to an aromatic ring is 1. The van der Waals surface area contributed by atoms with E-state index in [1.165, 1.54) is 17.8 Å². The van der Waals surface area contributed by atoms with Gasteiger partial charge in [0.25, 0.3) is 0 Å². The molecule has 4 heterocycles. The number of nitrogens with two attached hydrogens (primary N) is 1. The van der Waals surface area contributed by atoms with Crippen molar-refractivity contribution < 1.29 is 37.4 Å². The third-order valence-corrected chi connectivity index (χ3v) is 10.6. The molecule has 0 aliphatic carbocycles. The second-order valence-corrected chi connectivity index (χ2v) is 15.7. The van der Waals surface area contributed by atoms with Crippen molar-refractivity contribution in [2.45, 2.75) is 109 Å². The Morgan fingerprint density at radius 3 is 2.47 bits per heavy atom. The summed E-state index contributed by atoms with van der Waals surface area (Å²) >= 11 is 0. The molecule has 0 amide bonds. The molecule has 15 heteroatoms. The number of nitrogens with zero attached hydrogens (tertiary/aromatic N) is 4. The van der Waals surface area contributed by atoms with Crippen LogP contribution in [0.15, 0.2) is 42.7 Å². The Morgan fingerprint density at radius 2 is 1.84 bits per heavy atom. The molecular formula is C34H47N6O8P. The number of carbonyl (C=O) groups excluding carboxylic acids is 1. The first-order valence-electron chi connectivity index (χ1n) is 16.6. The van der Waals surface area contributed by atoms with Gasteiger partial charge in [0, 0.05) is 0 Å². The molecule has 0 radical (unpaired) electrons. The summed E-state index contributed by atoms with van der Waals surface area (Å²) in [6, 6.07) is 11.7. The maximum Gasteiger partial charge on any atom is 0.459 e. The zero-order valence-corrected chi connectivity index (χ0v) is 30.2. The molecule has 2 aliphatic rings. The van der Waals surface area contributed by atoms with Gasteiger partial charge in [-0.3, -0.25) is 9.32 Å². The van der Waals surface area contributed by atoms with Crippen LogP contribution in [0.25, 0.3) is 5.52 Å². The summed E-state index contributed by atoms with van der Waals surface area (Å²) in [5.41, 5.74) is 6.12. The summed E-state index contributed by atoms with van der Waals surface area (Å²) in [6.45, 7) is 15.2. The van der Waals surface area contributed by atoms with Gasteiger partial charge in [0.2, 0.25) is 5.60 Å². The lowest BCUT2D eigenvalue weighted by atomic mass is 9.87. The van der Waals surface area contributed by atoms with Gasteiger partial charge in [-0.05, 0) is 61.9 Å². The summed E-state index contributed by atoms with van der Waals surface area (Å²) < 4.78 is 52.4. The van der Waals surface area contributed by atoms with Gasteiger partial charge in [-0.1, -0.05) is 59.6 Å². The zero-order chi connectivity index (χ0) is 35.8. The predicted molar refractivity (Wildman–Crippen MR) is 180 cm³/mol. The second-order valence-electron chi connectivity index (χ2n) is 14.0. The van der Waals surface area contributed by atoms with Crippen LogP contribution in [0.2, 0.25) is 0 Å². The fourth-order valence-corrected chi connectivity index (χ4v) is 7.52. The molecule has 266 valence electrons. The summed E-state index contributed by atoms with van der Waals surface area (Å²) in [5.74, 6) is -0.987. The first-order chi connectivity index (χ1) is 23.0. The predicted octanol–water partition coefficient (Wildman–Crippen LogP) is 5.41. The van der Waals surface area contributed by atoms with E-state index < -0.39 is 49.5 Å². The highest BCUT2D eigenvalue weighted by Crippen LogP contribution is 2.51. The van der Waals surface area contributed by atoms with E-state index in [2.05, 4.69) is 42.0 Å². The number of hydrogen-bond acceptors (Lipinski definition) is 12. The van der Waals surface area contributed by atoms with Gasteiger partial charge in [-0.15, -0.1) is 0 Å². The average molecular weight is 699 g/mol. The Balaban J connectivity index is 1.42. The van der Waals surface area contributed by atoms with Crippen LogP contribution in [0.3, 0.4) is 0 Å². The third kappa shape index (κ3) is 7.62. The fourth-order valence-electron chi connectivity index (χ4n) is 6.02. The van der Waals surface area contributed by atoms with E-state index in [9.17, 15) is 14.6 Å². The molecule has 3 aromatic rings. The smallest absolute Gasteiger partial charge is 0.459 e. The minimum atomic E-state index is -4.30. The summed E-state index contributed by atoms with van der Waals surface area (Å²) in [4.78, 5) is 17.0. The van der Waals surface area contributed by atoms with E-state index in [-0.39, 0.29) is 36.1 Å². The van der Waals surface area contributed by atoms with Gasteiger partial charge < -0.3 is 29.2 Å². The van der Waals surface area contributed by atoms with Crippen molar-refractivity contribution >= 4 is 25.1 Å². The minimum absolute atomic E-state index is 0.117. The van der Waals surface area contributed by atoms with Gasteiger partial charge in [-0.25, -0.2) is 14.1 Å². The molecule has 0 spiro atoms. The topological polar surface area (TPSA) is 182 Å². The summed E-state index contributed by atoms with van der Waals surface area (Å²) in [7, 11) is -4.30. The lowest BCUT2D eigenvalue weighted by Gasteiger charge is -2.29. The van der Waals surface area contributed by atoms with Crippen LogP contribution in [-0.4, -0.2) is 63.9 Å². The molecular weight excluding hydrogens is 651 g/mol. The van der Waals surface area contributed by atoms with E-state index >= 15 is 0 Å². The van der Waals surface area contributed by atoms with Crippen molar-refractivity contribution in [3.05, 3.63) is 54.0 Å². The molecule has 3 N–H and O–H groups in total. The zero-order valence-electron chi connectivity index (χ0n) is 29.3. The molecule has 1 aromatic carbocycles. The molecule has 6 atom stereocenters. The number of rotatable bonds is 13. The Bertz CT molecular complexity index is 1730. The Morgan fingerprint density at radius 1 is 1.14 bits per heavy atom. The summed E-state index contributed by atoms with van der Waals surface area (Å²) in [5, 5.41) is 17.7. The lowest BCUT2D eigenvalue weighted by Crippen LogP contribution is -2.40. The Kier molecular flexibility index (Phi) is 10.5. The number of anilines is 1. The molecule has 49 heavy (non-hydrogen) atoms. The monoisotopic (exact) mass is 698 g/mol. The SMILES string of the molecule is CCC(CC)COC(=O)[C@H](C)NP(=O)(OC[C@H]1O[C@@](C#N)(c2ccc3c(N)ncnn23)[C@@H]2OC(C)(C)O[C@@H]21)Oc1ccc(C(C)(C)C)cc1. The maximum absolute atomic E-state index is 14.5. The molecule has 14 nitrogen and oxygen atoms in total. The fraction of sp³-hybridized carbons (Fsp3) is 0.588. The molecule has 2 aliphatic heterocycles.